The third-order valence-electron chi connectivity index (χ3n) is 2.37. The second-order valence-corrected chi connectivity index (χ2v) is 3.86. The molecule has 1 atom stereocenters. The van der Waals surface area contributed by atoms with Crippen molar-refractivity contribution in [3.63, 3.8) is 0 Å². The molecule has 1 rings (SSSR count). The minimum absolute atomic E-state index is 0.293. The van der Waals surface area contributed by atoms with Gasteiger partial charge in [-0.3, -0.25) is 0 Å². The van der Waals surface area contributed by atoms with Gasteiger partial charge in [-0.05, 0) is 12.3 Å². The first-order valence-electron chi connectivity index (χ1n) is 4.81. The molecule has 0 aromatic carbocycles. The van der Waals surface area contributed by atoms with E-state index in [2.05, 4.69) is 24.5 Å². The highest BCUT2D eigenvalue weighted by Crippen LogP contribution is 2.12. The fourth-order valence-electron chi connectivity index (χ4n) is 1.62. The molecule has 0 spiro atoms. The minimum atomic E-state index is 0.293. The first-order valence-corrected chi connectivity index (χ1v) is 4.81. The van der Waals surface area contributed by atoms with Gasteiger partial charge in [-0.15, -0.1) is 0 Å². The highest BCUT2D eigenvalue weighted by Gasteiger charge is 2.26. The van der Waals surface area contributed by atoms with Crippen LogP contribution in [0.15, 0.2) is 0 Å². The minimum Gasteiger partial charge on any atom is -0.396 e. The van der Waals surface area contributed by atoms with Gasteiger partial charge in [0.15, 0.2) is 0 Å². The van der Waals surface area contributed by atoms with Gasteiger partial charge >= 0.3 is 0 Å². The van der Waals surface area contributed by atoms with Crippen LogP contribution in [0, 0.1) is 5.92 Å². The molecule has 0 radical (unpaired) electrons. The van der Waals surface area contributed by atoms with Gasteiger partial charge in [0.05, 0.1) is 0 Å². The summed E-state index contributed by atoms with van der Waals surface area (Å²) in [6, 6.07) is 1.01. The molecule has 1 saturated heterocycles. The van der Waals surface area contributed by atoms with Gasteiger partial charge < -0.3 is 15.7 Å². The SMILES string of the molecule is CC(C)N[C@@H](CCO)C1CNC1. The summed E-state index contributed by atoms with van der Waals surface area (Å²) < 4.78 is 0. The molecular weight excluding hydrogens is 152 g/mol. The molecule has 0 aliphatic carbocycles. The van der Waals surface area contributed by atoms with Crippen LogP contribution < -0.4 is 10.6 Å². The maximum Gasteiger partial charge on any atom is 0.0445 e. The van der Waals surface area contributed by atoms with E-state index < -0.39 is 0 Å². The van der Waals surface area contributed by atoms with Gasteiger partial charge in [0.25, 0.3) is 0 Å². The Bertz CT molecular complexity index is 124. The lowest BCUT2D eigenvalue weighted by Crippen LogP contribution is -2.54. The van der Waals surface area contributed by atoms with Crippen LogP contribution in [0.25, 0.3) is 0 Å². The summed E-state index contributed by atoms with van der Waals surface area (Å²) in [5.74, 6) is 0.722. The zero-order valence-electron chi connectivity index (χ0n) is 8.01. The lowest BCUT2D eigenvalue weighted by molar-refractivity contribution is 0.192. The van der Waals surface area contributed by atoms with E-state index in [0.29, 0.717) is 18.7 Å². The fourth-order valence-corrected chi connectivity index (χ4v) is 1.62. The largest absolute Gasteiger partial charge is 0.396 e. The van der Waals surface area contributed by atoms with Crippen molar-refractivity contribution in [1.29, 1.82) is 0 Å². The molecule has 1 heterocycles. The molecule has 3 heteroatoms. The maximum atomic E-state index is 8.86. The summed E-state index contributed by atoms with van der Waals surface area (Å²) in [6.07, 6.45) is 0.879. The maximum absolute atomic E-state index is 8.86. The average molecular weight is 172 g/mol. The van der Waals surface area contributed by atoms with Gasteiger partial charge in [0, 0.05) is 31.8 Å². The summed E-state index contributed by atoms with van der Waals surface area (Å²) in [6.45, 7) is 6.79. The Labute approximate surface area is 74.5 Å². The Kier molecular flexibility index (Phi) is 3.98. The Balaban J connectivity index is 2.26. The van der Waals surface area contributed by atoms with Crippen LogP contribution in [0.3, 0.4) is 0 Å². The van der Waals surface area contributed by atoms with Crippen molar-refractivity contribution in [2.75, 3.05) is 19.7 Å². The van der Waals surface area contributed by atoms with E-state index in [0.717, 1.165) is 25.4 Å². The summed E-state index contributed by atoms with van der Waals surface area (Å²) in [5, 5.41) is 15.6. The summed E-state index contributed by atoms with van der Waals surface area (Å²) in [4.78, 5) is 0. The zero-order valence-corrected chi connectivity index (χ0v) is 8.01. The van der Waals surface area contributed by atoms with Crippen molar-refractivity contribution < 1.29 is 5.11 Å². The summed E-state index contributed by atoms with van der Waals surface area (Å²) in [5.41, 5.74) is 0. The molecule has 0 saturated carbocycles. The standard InChI is InChI=1S/C9H20N2O/c1-7(2)11-9(3-4-12)8-5-10-6-8/h7-12H,3-6H2,1-2H3/t9-/m0/s1. The number of hydrogen-bond acceptors (Lipinski definition) is 3. The van der Waals surface area contributed by atoms with Crippen LogP contribution in [-0.4, -0.2) is 36.9 Å². The Morgan fingerprint density at radius 2 is 2.17 bits per heavy atom. The van der Waals surface area contributed by atoms with Gasteiger partial charge in [0.1, 0.15) is 0 Å². The van der Waals surface area contributed by atoms with Crippen LogP contribution in [0.5, 0.6) is 0 Å². The van der Waals surface area contributed by atoms with Crippen molar-refractivity contribution in [2.24, 2.45) is 5.92 Å². The van der Waals surface area contributed by atoms with Crippen molar-refractivity contribution >= 4 is 0 Å². The smallest absolute Gasteiger partial charge is 0.0445 e. The number of hydrogen-bond donors (Lipinski definition) is 3. The molecule has 0 amide bonds. The van der Waals surface area contributed by atoms with Gasteiger partial charge in [-0.2, -0.15) is 0 Å². The first kappa shape index (κ1) is 9.96. The molecule has 3 N–H and O–H groups in total. The molecule has 12 heavy (non-hydrogen) atoms. The summed E-state index contributed by atoms with van der Waals surface area (Å²) >= 11 is 0. The second kappa shape index (κ2) is 4.80. The summed E-state index contributed by atoms with van der Waals surface area (Å²) in [7, 11) is 0. The second-order valence-electron chi connectivity index (χ2n) is 3.86. The van der Waals surface area contributed by atoms with E-state index in [1.807, 2.05) is 0 Å². The number of rotatable bonds is 5. The van der Waals surface area contributed by atoms with E-state index in [1.165, 1.54) is 0 Å². The molecule has 0 aromatic heterocycles. The van der Waals surface area contributed by atoms with Crippen molar-refractivity contribution in [1.82, 2.24) is 10.6 Å². The van der Waals surface area contributed by atoms with E-state index in [-0.39, 0.29) is 0 Å². The molecule has 0 aromatic rings. The lowest BCUT2D eigenvalue weighted by atomic mass is 9.91. The molecule has 72 valence electrons. The van der Waals surface area contributed by atoms with E-state index >= 15 is 0 Å². The van der Waals surface area contributed by atoms with E-state index in [4.69, 9.17) is 5.11 Å². The number of nitrogens with one attached hydrogen (secondary N) is 2. The molecule has 1 aliphatic heterocycles. The van der Waals surface area contributed by atoms with Crippen LogP contribution in [0.1, 0.15) is 20.3 Å². The fraction of sp³-hybridized carbons (Fsp3) is 1.00. The number of aliphatic hydroxyl groups excluding tert-OH is 1. The average Bonchev–Trinajstić information content (AvgIpc) is 1.81. The highest BCUT2D eigenvalue weighted by atomic mass is 16.3. The molecule has 0 bridgehead atoms. The Hall–Kier alpha value is -0.120. The van der Waals surface area contributed by atoms with E-state index in [1.54, 1.807) is 0 Å². The zero-order chi connectivity index (χ0) is 8.97. The lowest BCUT2D eigenvalue weighted by Gasteiger charge is -2.36. The van der Waals surface area contributed by atoms with Crippen LogP contribution in [0.2, 0.25) is 0 Å². The normalized spacial score (nSPS) is 21.0. The predicted molar refractivity (Wildman–Crippen MR) is 50.1 cm³/mol. The monoisotopic (exact) mass is 172 g/mol. The third kappa shape index (κ3) is 2.73. The molecule has 0 unspecified atom stereocenters. The van der Waals surface area contributed by atoms with Gasteiger partial charge in [0.2, 0.25) is 0 Å². The van der Waals surface area contributed by atoms with Crippen molar-refractivity contribution in [3.05, 3.63) is 0 Å². The van der Waals surface area contributed by atoms with Crippen LogP contribution in [0.4, 0.5) is 0 Å². The van der Waals surface area contributed by atoms with E-state index in [9.17, 15) is 0 Å². The third-order valence-corrected chi connectivity index (χ3v) is 2.37. The molecule has 1 fully saturated rings. The topological polar surface area (TPSA) is 44.3 Å². The van der Waals surface area contributed by atoms with Crippen molar-refractivity contribution in [3.8, 4) is 0 Å². The Morgan fingerprint density at radius 3 is 2.50 bits per heavy atom. The van der Waals surface area contributed by atoms with Crippen LogP contribution in [-0.2, 0) is 0 Å². The predicted octanol–water partition coefficient (Wildman–Crippen LogP) is -0.0452. The highest BCUT2D eigenvalue weighted by molar-refractivity contribution is 4.86. The van der Waals surface area contributed by atoms with Gasteiger partial charge in [-0.25, -0.2) is 0 Å². The molecule has 3 nitrogen and oxygen atoms in total. The first-order chi connectivity index (χ1) is 5.74. The number of aliphatic hydroxyl groups is 1. The quantitative estimate of drug-likeness (QED) is 0.545. The van der Waals surface area contributed by atoms with Crippen molar-refractivity contribution in [2.45, 2.75) is 32.4 Å². The molecule has 1 aliphatic rings. The Morgan fingerprint density at radius 1 is 1.50 bits per heavy atom. The van der Waals surface area contributed by atoms with Gasteiger partial charge in [-0.1, -0.05) is 13.8 Å². The molecular formula is C9H20N2O. The van der Waals surface area contributed by atoms with Crippen LogP contribution >= 0.6 is 0 Å².